The maximum Gasteiger partial charge on any atom is 0.259 e. The molecule has 0 radical (unpaired) electrons. The molecule has 0 heterocycles. The third-order valence-corrected chi connectivity index (χ3v) is 2.72. The van der Waals surface area contributed by atoms with Gasteiger partial charge in [0.1, 0.15) is 17.2 Å². The molecule has 0 aliphatic rings. The summed E-state index contributed by atoms with van der Waals surface area (Å²) in [5.41, 5.74) is 4.87. The monoisotopic (exact) mass is 256 g/mol. The van der Waals surface area contributed by atoms with Crippen LogP contribution in [0.5, 0.6) is 0 Å². The van der Waals surface area contributed by atoms with Crippen molar-refractivity contribution in [3.63, 3.8) is 0 Å². The van der Waals surface area contributed by atoms with E-state index in [0.29, 0.717) is 13.1 Å². The molecule has 0 aromatic heterocycles. The summed E-state index contributed by atoms with van der Waals surface area (Å²) in [6.45, 7) is 1.08. The Bertz CT molecular complexity index is 390. The number of nitrogens with zero attached hydrogens (tertiary/aromatic N) is 1. The quantitative estimate of drug-likeness (QED) is 0.793. The van der Waals surface area contributed by atoms with E-state index in [1.165, 1.54) is 18.0 Å². The van der Waals surface area contributed by atoms with Gasteiger partial charge in [0, 0.05) is 13.6 Å². The van der Waals surface area contributed by atoms with E-state index in [2.05, 4.69) is 0 Å². The summed E-state index contributed by atoms with van der Waals surface area (Å²) < 4.78 is 26.8. The Labute approximate surface area is 106 Å². The molecule has 0 fully saturated rings. The minimum atomic E-state index is -0.825. The second-order valence-corrected chi connectivity index (χ2v) is 4.17. The van der Waals surface area contributed by atoms with Gasteiger partial charge in [-0.25, -0.2) is 8.78 Å². The predicted octanol–water partition coefficient (Wildman–Crippen LogP) is 2.17. The molecular weight excluding hydrogens is 238 g/mol. The lowest BCUT2D eigenvalue weighted by Crippen LogP contribution is -2.29. The van der Waals surface area contributed by atoms with Crippen LogP contribution in [0.25, 0.3) is 0 Å². The number of carbonyl (C=O) groups excluding carboxylic acids is 1. The Hall–Kier alpha value is -1.49. The molecule has 0 spiro atoms. The lowest BCUT2D eigenvalue weighted by Gasteiger charge is -2.17. The fraction of sp³-hybridized carbons (Fsp3) is 0.462. The first-order chi connectivity index (χ1) is 8.57. The molecule has 2 N–H and O–H groups in total. The smallest absolute Gasteiger partial charge is 0.259 e. The lowest BCUT2D eigenvalue weighted by atomic mass is 10.1. The summed E-state index contributed by atoms with van der Waals surface area (Å²) in [6, 6.07) is 3.40. The Balaban J connectivity index is 2.63. The molecule has 5 heteroatoms. The zero-order valence-corrected chi connectivity index (χ0v) is 10.5. The highest BCUT2D eigenvalue weighted by Crippen LogP contribution is 2.14. The van der Waals surface area contributed by atoms with Crippen molar-refractivity contribution in [3.8, 4) is 0 Å². The van der Waals surface area contributed by atoms with Crippen LogP contribution in [0, 0.1) is 11.6 Å². The first-order valence-electron chi connectivity index (χ1n) is 5.97. The maximum atomic E-state index is 13.4. The van der Waals surface area contributed by atoms with Gasteiger partial charge in [-0.05, 0) is 31.5 Å². The SMILES string of the molecule is CN(CCCCCN)C(=O)c1c(F)cccc1F. The normalized spacial score (nSPS) is 10.4. The van der Waals surface area contributed by atoms with Crippen LogP contribution in [-0.4, -0.2) is 30.9 Å². The molecule has 18 heavy (non-hydrogen) atoms. The lowest BCUT2D eigenvalue weighted by molar-refractivity contribution is 0.0783. The Morgan fingerprint density at radius 3 is 2.39 bits per heavy atom. The first kappa shape index (κ1) is 14.6. The molecule has 0 saturated carbocycles. The molecule has 0 aliphatic heterocycles. The van der Waals surface area contributed by atoms with Gasteiger partial charge in [-0.2, -0.15) is 0 Å². The number of hydrogen-bond donors (Lipinski definition) is 1. The van der Waals surface area contributed by atoms with E-state index in [0.717, 1.165) is 31.4 Å². The van der Waals surface area contributed by atoms with Crippen LogP contribution in [0.3, 0.4) is 0 Å². The maximum absolute atomic E-state index is 13.4. The van der Waals surface area contributed by atoms with Gasteiger partial charge in [-0.1, -0.05) is 12.5 Å². The number of nitrogens with two attached hydrogens (primary N) is 1. The second kappa shape index (κ2) is 7.06. The average molecular weight is 256 g/mol. The van der Waals surface area contributed by atoms with Gasteiger partial charge in [0.2, 0.25) is 0 Å². The van der Waals surface area contributed by atoms with Crippen molar-refractivity contribution in [1.82, 2.24) is 4.90 Å². The zero-order chi connectivity index (χ0) is 13.5. The molecule has 0 atom stereocenters. The highest BCUT2D eigenvalue weighted by Gasteiger charge is 2.20. The molecule has 3 nitrogen and oxygen atoms in total. The van der Waals surface area contributed by atoms with E-state index in [9.17, 15) is 13.6 Å². The summed E-state index contributed by atoms with van der Waals surface area (Å²) in [6.07, 6.45) is 2.56. The highest BCUT2D eigenvalue weighted by atomic mass is 19.1. The van der Waals surface area contributed by atoms with Gasteiger partial charge < -0.3 is 10.6 Å². The summed E-state index contributed by atoms with van der Waals surface area (Å²) in [5, 5.41) is 0. The third kappa shape index (κ3) is 3.77. The molecule has 0 bridgehead atoms. The molecular formula is C13H18F2N2O. The number of benzene rings is 1. The molecule has 0 unspecified atom stereocenters. The van der Waals surface area contributed by atoms with Crippen LogP contribution in [0.15, 0.2) is 18.2 Å². The molecule has 0 aliphatic carbocycles. The van der Waals surface area contributed by atoms with Crippen molar-refractivity contribution in [2.24, 2.45) is 5.73 Å². The third-order valence-electron chi connectivity index (χ3n) is 2.72. The van der Waals surface area contributed by atoms with Crippen LogP contribution in [-0.2, 0) is 0 Å². The van der Waals surface area contributed by atoms with E-state index < -0.39 is 23.1 Å². The predicted molar refractivity (Wildman–Crippen MR) is 66.2 cm³/mol. The van der Waals surface area contributed by atoms with E-state index in [1.54, 1.807) is 0 Å². The molecule has 1 aromatic rings. The summed E-state index contributed by atoms with van der Waals surface area (Å²) in [4.78, 5) is 13.2. The molecule has 1 aromatic carbocycles. The molecule has 100 valence electrons. The summed E-state index contributed by atoms with van der Waals surface area (Å²) >= 11 is 0. The van der Waals surface area contributed by atoms with Crippen molar-refractivity contribution in [2.45, 2.75) is 19.3 Å². The molecule has 0 saturated heterocycles. The van der Waals surface area contributed by atoms with Crippen molar-refractivity contribution < 1.29 is 13.6 Å². The van der Waals surface area contributed by atoms with Crippen molar-refractivity contribution in [2.75, 3.05) is 20.1 Å². The van der Waals surface area contributed by atoms with Gasteiger partial charge in [-0.3, -0.25) is 4.79 Å². The van der Waals surface area contributed by atoms with E-state index in [1.807, 2.05) is 0 Å². The minimum Gasteiger partial charge on any atom is -0.342 e. The zero-order valence-electron chi connectivity index (χ0n) is 10.5. The van der Waals surface area contributed by atoms with E-state index >= 15 is 0 Å². The minimum absolute atomic E-state index is 0.465. The topological polar surface area (TPSA) is 46.3 Å². The van der Waals surface area contributed by atoms with Crippen LogP contribution >= 0.6 is 0 Å². The number of halogens is 2. The van der Waals surface area contributed by atoms with Crippen molar-refractivity contribution in [3.05, 3.63) is 35.4 Å². The number of hydrogen-bond acceptors (Lipinski definition) is 2. The number of rotatable bonds is 6. The Morgan fingerprint density at radius 1 is 1.22 bits per heavy atom. The summed E-state index contributed by atoms with van der Waals surface area (Å²) in [7, 11) is 1.54. The Kier molecular flexibility index (Phi) is 5.71. The average Bonchev–Trinajstić information content (AvgIpc) is 2.34. The van der Waals surface area contributed by atoms with Crippen LogP contribution < -0.4 is 5.73 Å². The van der Waals surface area contributed by atoms with Crippen LogP contribution in [0.1, 0.15) is 29.6 Å². The number of carbonyl (C=O) groups is 1. The fourth-order valence-corrected chi connectivity index (χ4v) is 1.66. The van der Waals surface area contributed by atoms with Gasteiger partial charge in [0.15, 0.2) is 0 Å². The second-order valence-electron chi connectivity index (χ2n) is 4.17. The first-order valence-corrected chi connectivity index (χ1v) is 5.97. The van der Waals surface area contributed by atoms with E-state index in [-0.39, 0.29) is 0 Å². The van der Waals surface area contributed by atoms with Crippen LogP contribution in [0.2, 0.25) is 0 Å². The van der Waals surface area contributed by atoms with Gasteiger partial charge in [-0.15, -0.1) is 0 Å². The molecule has 1 amide bonds. The van der Waals surface area contributed by atoms with Gasteiger partial charge >= 0.3 is 0 Å². The number of amides is 1. The van der Waals surface area contributed by atoms with Gasteiger partial charge in [0.25, 0.3) is 5.91 Å². The van der Waals surface area contributed by atoms with E-state index in [4.69, 9.17) is 5.73 Å². The Morgan fingerprint density at radius 2 is 1.83 bits per heavy atom. The number of unbranched alkanes of at least 4 members (excludes halogenated alkanes) is 2. The van der Waals surface area contributed by atoms with Crippen molar-refractivity contribution in [1.29, 1.82) is 0 Å². The largest absolute Gasteiger partial charge is 0.342 e. The van der Waals surface area contributed by atoms with Crippen molar-refractivity contribution >= 4 is 5.91 Å². The summed E-state index contributed by atoms with van der Waals surface area (Å²) in [5.74, 6) is -2.28. The molecule has 1 rings (SSSR count). The van der Waals surface area contributed by atoms with Gasteiger partial charge in [0.05, 0.1) is 0 Å². The standard InChI is InChI=1S/C13H18F2N2O/c1-17(9-4-2-3-8-16)13(18)12-10(14)6-5-7-11(12)15/h5-7H,2-4,8-9,16H2,1H3. The van der Waals surface area contributed by atoms with Crippen LogP contribution in [0.4, 0.5) is 8.78 Å². The fourth-order valence-electron chi connectivity index (χ4n) is 1.66. The highest BCUT2D eigenvalue weighted by molar-refractivity contribution is 5.94.